The van der Waals surface area contributed by atoms with Gasteiger partial charge >= 0.3 is 0 Å². The van der Waals surface area contributed by atoms with Gasteiger partial charge in [-0.25, -0.2) is 0 Å². The standard InChI is InChI=1S/C20H35NO3/c1-12(2)17-18(13(3)4)24-11-16(21-17)10-15(7)20-19(14(5)6)22-8-9-23-20/h12-16,21H,8-11H2,1-7H3. The Hall–Kier alpha value is -1.32. The molecule has 4 heteroatoms. The first-order chi connectivity index (χ1) is 11.3. The minimum atomic E-state index is 0.311. The molecular weight excluding hydrogens is 302 g/mol. The minimum absolute atomic E-state index is 0.311. The highest BCUT2D eigenvalue weighted by Gasteiger charge is 2.29. The van der Waals surface area contributed by atoms with E-state index in [1.165, 1.54) is 5.70 Å². The van der Waals surface area contributed by atoms with Crippen molar-refractivity contribution in [2.75, 3.05) is 19.8 Å². The van der Waals surface area contributed by atoms with Crippen molar-refractivity contribution in [3.8, 4) is 0 Å². The van der Waals surface area contributed by atoms with E-state index in [2.05, 4.69) is 53.8 Å². The van der Waals surface area contributed by atoms with Gasteiger partial charge in [-0.05, 0) is 12.3 Å². The van der Waals surface area contributed by atoms with Gasteiger partial charge in [0.25, 0.3) is 0 Å². The summed E-state index contributed by atoms with van der Waals surface area (Å²) in [5.41, 5.74) is 1.26. The van der Waals surface area contributed by atoms with Gasteiger partial charge in [0, 0.05) is 17.8 Å². The monoisotopic (exact) mass is 337 g/mol. The van der Waals surface area contributed by atoms with E-state index in [1.54, 1.807) is 0 Å². The number of nitrogens with one attached hydrogen (secondary N) is 1. The zero-order valence-electron chi connectivity index (χ0n) is 16.4. The van der Waals surface area contributed by atoms with Gasteiger partial charge in [-0.15, -0.1) is 0 Å². The molecule has 24 heavy (non-hydrogen) atoms. The summed E-state index contributed by atoms with van der Waals surface area (Å²) in [6.07, 6.45) is 0.983. The maximum atomic E-state index is 6.12. The van der Waals surface area contributed by atoms with Crippen LogP contribution in [0.2, 0.25) is 0 Å². The second kappa shape index (κ2) is 8.17. The third kappa shape index (κ3) is 4.40. The molecule has 2 atom stereocenters. The van der Waals surface area contributed by atoms with Gasteiger partial charge in [-0.2, -0.15) is 0 Å². The number of ether oxygens (including phenoxy) is 3. The lowest BCUT2D eigenvalue weighted by atomic mass is 9.94. The Morgan fingerprint density at radius 2 is 1.38 bits per heavy atom. The summed E-state index contributed by atoms with van der Waals surface area (Å²) in [5, 5.41) is 3.73. The molecule has 0 aromatic carbocycles. The van der Waals surface area contributed by atoms with Gasteiger partial charge in [0.1, 0.15) is 37.1 Å². The zero-order chi connectivity index (χ0) is 17.9. The van der Waals surface area contributed by atoms with E-state index < -0.39 is 0 Å². The van der Waals surface area contributed by atoms with Crippen LogP contribution in [0, 0.1) is 23.7 Å². The first-order valence-electron chi connectivity index (χ1n) is 9.44. The average Bonchev–Trinajstić information content (AvgIpc) is 2.54. The van der Waals surface area contributed by atoms with Gasteiger partial charge in [-0.1, -0.05) is 48.5 Å². The molecular formula is C20H35NO3. The highest BCUT2D eigenvalue weighted by atomic mass is 16.6. The lowest BCUT2D eigenvalue weighted by molar-refractivity contribution is 0.0302. The predicted octanol–water partition coefficient (Wildman–Crippen LogP) is 4.44. The molecule has 0 saturated carbocycles. The largest absolute Gasteiger partial charge is 0.494 e. The summed E-state index contributed by atoms with van der Waals surface area (Å²) >= 11 is 0. The average molecular weight is 338 g/mol. The predicted molar refractivity (Wildman–Crippen MR) is 97.1 cm³/mol. The fourth-order valence-electron chi connectivity index (χ4n) is 3.47. The lowest BCUT2D eigenvalue weighted by Gasteiger charge is -2.35. The van der Waals surface area contributed by atoms with Crippen LogP contribution in [0.3, 0.4) is 0 Å². The molecule has 0 saturated heterocycles. The highest BCUT2D eigenvalue weighted by Crippen LogP contribution is 2.31. The molecule has 138 valence electrons. The molecule has 0 spiro atoms. The number of rotatable bonds is 6. The summed E-state index contributed by atoms with van der Waals surface area (Å²) in [7, 11) is 0. The Labute approximate surface area is 147 Å². The Bertz CT molecular complexity index is 491. The van der Waals surface area contributed by atoms with E-state index in [0.29, 0.717) is 42.9 Å². The van der Waals surface area contributed by atoms with Crippen molar-refractivity contribution in [1.82, 2.24) is 5.32 Å². The lowest BCUT2D eigenvalue weighted by Crippen LogP contribution is -2.42. The van der Waals surface area contributed by atoms with E-state index in [-0.39, 0.29) is 0 Å². The Balaban J connectivity index is 2.09. The minimum Gasteiger partial charge on any atom is -0.494 e. The topological polar surface area (TPSA) is 39.7 Å². The molecule has 0 aliphatic carbocycles. The van der Waals surface area contributed by atoms with E-state index in [4.69, 9.17) is 14.2 Å². The summed E-state index contributed by atoms with van der Waals surface area (Å²) in [6, 6.07) is 0.311. The number of allylic oxidation sites excluding steroid dienone is 4. The second-order valence-electron chi connectivity index (χ2n) is 7.96. The van der Waals surface area contributed by atoms with Crippen LogP contribution < -0.4 is 5.32 Å². The maximum Gasteiger partial charge on any atom is 0.137 e. The molecule has 0 aromatic rings. The van der Waals surface area contributed by atoms with E-state index in [0.717, 1.165) is 30.3 Å². The third-order valence-electron chi connectivity index (χ3n) is 4.62. The molecule has 0 amide bonds. The normalized spacial score (nSPS) is 23.2. The molecule has 2 aliphatic heterocycles. The molecule has 2 aliphatic rings. The number of hydrogen-bond donors (Lipinski definition) is 1. The Morgan fingerprint density at radius 3 is 1.92 bits per heavy atom. The molecule has 2 rings (SSSR count). The van der Waals surface area contributed by atoms with Crippen LogP contribution >= 0.6 is 0 Å². The van der Waals surface area contributed by atoms with Crippen LogP contribution in [0.4, 0.5) is 0 Å². The van der Waals surface area contributed by atoms with Gasteiger partial charge in [-0.3, -0.25) is 0 Å². The summed E-state index contributed by atoms with van der Waals surface area (Å²) in [4.78, 5) is 0. The maximum absolute atomic E-state index is 6.12. The molecule has 0 aromatic heterocycles. The first-order valence-corrected chi connectivity index (χ1v) is 9.44. The fraction of sp³-hybridized carbons (Fsp3) is 0.800. The molecule has 1 N–H and O–H groups in total. The fourth-order valence-corrected chi connectivity index (χ4v) is 3.47. The first kappa shape index (κ1) is 19.0. The van der Waals surface area contributed by atoms with Gasteiger partial charge in [0.15, 0.2) is 0 Å². The van der Waals surface area contributed by atoms with E-state index in [9.17, 15) is 0 Å². The zero-order valence-corrected chi connectivity index (χ0v) is 16.4. The van der Waals surface area contributed by atoms with E-state index in [1.807, 2.05) is 0 Å². The van der Waals surface area contributed by atoms with Crippen LogP contribution in [0.15, 0.2) is 23.0 Å². The molecule has 0 bridgehead atoms. The summed E-state index contributed by atoms with van der Waals surface area (Å²) in [5.74, 6) is 4.71. The van der Waals surface area contributed by atoms with Crippen LogP contribution in [0.5, 0.6) is 0 Å². The van der Waals surface area contributed by atoms with Crippen molar-refractivity contribution >= 4 is 0 Å². The molecule has 4 nitrogen and oxygen atoms in total. The smallest absolute Gasteiger partial charge is 0.137 e. The Kier molecular flexibility index (Phi) is 6.47. The molecule has 2 unspecified atom stereocenters. The van der Waals surface area contributed by atoms with Crippen LogP contribution in [0.25, 0.3) is 0 Å². The molecule has 0 fully saturated rings. The van der Waals surface area contributed by atoms with Gasteiger partial charge in [0.2, 0.25) is 0 Å². The van der Waals surface area contributed by atoms with Crippen LogP contribution in [-0.2, 0) is 14.2 Å². The van der Waals surface area contributed by atoms with Crippen LogP contribution in [-0.4, -0.2) is 25.9 Å². The van der Waals surface area contributed by atoms with Crippen molar-refractivity contribution < 1.29 is 14.2 Å². The van der Waals surface area contributed by atoms with Crippen molar-refractivity contribution in [2.24, 2.45) is 23.7 Å². The van der Waals surface area contributed by atoms with Crippen molar-refractivity contribution in [3.05, 3.63) is 23.0 Å². The number of hydrogen-bond acceptors (Lipinski definition) is 4. The summed E-state index contributed by atoms with van der Waals surface area (Å²) in [6.45, 7) is 17.4. The van der Waals surface area contributed by atoms with Crippen molar-refractivity contribution in [1.29, 1.82) is 0 Å². The van der Waals surface area contributed by atoms with Gasteiger partial charge < -0.3 is 19.5 Å². The SMILES string of the molecule is CC(C)C1=C(C(C)C)OCC(CC(C)C2=C(C(C)C)OCCO2)N1. The van der Waals surface area contributed by atoms with E-state index >= 15 is 0 Å². The highest BCUT2D eigenvalue weighted by molar-refractivity contribution is 5.16. The molecule has 2 heterocycles. The third-order valence-corrected chi connectivity index (χ3v) is 4.62. The second-order valence-corrected chi connectivity index (χ2v) is 7.96. The van der Waals surface area contributed by atoms with Crippen molar-refractivity contribution in [2.45, 2.75) is 60.9 Å². The Morgan fingerprint density at radius 1 is 0.792 bits per heavy atom. The molecule has 0 radical (unpaired) electrons. The van der Waals surface area contributed by atoms with Crippen molar-refractivity contribution in [3.63, 3.8) is 0 Å². The quantitative estimate of drug-likeness (QED) is 0.778. The summed E-state index contributed by atoms with van der Waals surface area (Å²) < 4.78 is 17.9. The van der Waals surface area contributed by atoms with Crippen LogP contribution in [0.1, 0.15) is 54.9 Å². The van der Waals surface area contributed by atoms with Gasteiger partial charge in [0.05, 0.1) is 11.7 Å².